The summed E-state index contributed by atoms with van der Waals surface area (Å²) in [4.78, 5) is 12.7. The summed E-state index contributed by atoms with van der Waals surface area (Å²) in [6, 6.07) is 0. The Bertz CT molecular complexity index is 207. The van der Waals surface area contributed by atoms with Crippen LogP contribution >= 0.6 is 0 Å². The molecule has 1 N–H and O–H groups in total. The van der Waals surface area contributed by atoms with Crippen LogP contribution in [0.3, 0.4) is 0 Å². The first kappa shape index (κ1) is 9.08. The van der Waals surface area contributed by atoms with Crippen LogP contribution in [0.4, 0.5) is 0 Å². The van der Waals surface area contributed by atoms with E-state index in [-0.39, 0.29) is 18.4 Å². The lowest BCUT2D eigenvalue weighted by atomic mass is 9.99. The van der Waals surface area contributed by atoms with E-state index in [9.17, 15) is 4.79 Å². The SMILES string of the molecule is C#CC(=O)N1CCC[C@H](CO)C1. The van der Waals surface area contributed by atoms with E-state index in [4.69, 9.17) is 11.5 Å². The zero-order chi connectivity index (χ0) is 8.97. The van der Waals surface area contributed by atoms with Crippen molar-refractivity contribution in [3.63, 3.8) is 0 Å². The first-order valence-corrected chi connectivity index (χ1v) is 4.14. The fraction of sp³-hybridized carbons (Fsp3) is 0.667. The summed E-state index contributed by atoms with van der Waals surface area (Å²) >= 11 is 0. The highest BCUT2D eigenvalue weighted by molar-refractivity contribution is 5.92. The smallest absolute Gasteiger partial charge is 0.298 e. The summed E-state index contributed by atoms with van der Waals surface area (Å²) in [5.41, 5.74) is 0. The van der Waals surface area contributed by atoms with Crippen molar-refractivity contribution in [1.29, 1.82) is 0 Å². The number of carbonyl (C=O) groups is 1. The first-order chi connectivity index (χ1) is 5.77. The van der Waals surface area contributed by atoms with Gasteiger partial charge in [-0.3, -0.25) is 4.79 Å². The van der Waals surface area contributed by atoms with Gasteiger partial charge in [-0.15, -0.1) is 6.42 Å². The molecule has 0 aromatic carbocycles. The second-order valence-corrected chi connectivity index (χ2v) is 3.09. The molecule has 0 radical (unpaired) electrons. The maximum Gasteiger partial charge on any atom is 0.298 e. The Morgan fingerprint density at radius 1 is 1.75 bits per heavy atom. The van der Waals surface area contributed by atoms with Crippen molar-refractivity contribution < 1.29 is 9.90 Å². The Labute approximate surface area is 72.4 Å². The standard InChI is InChI=1S/C9H13NO2/c1-2-9(12)10-5-3-4-8(6-10)7-11/h1,8,11H,3-7H2/t8-/m0/s1. The highest BCUT2D eigenvalue weighted by atomic mass is 16.3. The molecule has 1 amide bonds. The zero-order valence-electron chi connectivity index (χ0n) is 6.99. The minimum Gasteiger partial charge on any atom is -0.396 e. The van der Waals surface area contributed by atoms with E-state index in [0.717, 1.165) is 19.4 Å². The van der Waals surface area contributed by atoms with Crippen LogP contribution in [0, 0.1) is 18.3 Å². The van der Waals surface area contributed by atoms with E-state index in [1.54, 1.807) is 4.90 Å². The monoisotopic (exact) mass is 167 g/mol. The number of aliphatic hydroxyl groups excluding tert-OH is 1. The normalized spacial score (nSPS) is 23.3. The predicted molar refractivity (Wildman–Crippen MR) is 45.2 cm³/mol. The summed E-state index contributed by atoms with van der Waals surface area (Å²) < 4.78 is 0. The highest BCUT2D eigenvalue weighted by Crippen LogP contribution is 2.15. The van der Waals surface area contributed by atoms with Gasteiger partial charge in [-0.2, -0.15) is 0 Å². The van der Waals surface area contributed by atoms with Crippen molar-refractivity contribution in [1.82, 2.24) is 4.90 Å². The lowest BCUT2D eigenvalue weighted by molar-refractivity contribution is -0.127. The molecule has 0 aromatic heterocycles. The number of terminal acetylenes is 1. The first-order valence-electron chi connectivity index (χ1n) is 4.14. The lowest BCUT2D eigenvalue weighted by Crippen LogP contribution is -2.40. The van der Waals surface area contributed by atoms with E-state index in [2.05, 4.69) is 5.92 Å². The maximum atomic E-state index is 11.0. The van der Waals surface area contributed by atoms with Crippen LogP contribution in [0.5, 0.6) is 0 Å². The Balaban J connectivity index is 2.47. The van der Waals surface area contributed by atoms with Crippen LogP contribution in [-0.4, -0.2) is 35.6 Å². The van der Waals surface area contributed by atoms with Gasteiger partial charge in [-0.25, -0.2) is 0 Å². The molecule has 1 aliphatic heterocycles. The second-order valence-electron chi connectivity index (χ2n) is 3.09. The Kier molecular flexibility index (Phi) is 3.12. The van der Waals surface area contributed by atoms with Gasteiger partial charge in [0, 0.05) is 19.7 Å². The van der Waals surface area contributed by atoms with Gasteiger partial charge >= 0.3 is 0 Å². The summed E-state index contributed by atoms with van der Waals surface area (Å²) in [5.74, 6) is 2.05. The molecule has 3 nitrogen and oxygen atoms in total. The molecule has 12 heavy (non-hydrogen) atoms. The third-order valence-corrected chi connectivity index (χ3v) is 2.19. The maximum absolute atomic E-state index is 11.0. The number of aliphatic hydroxyl groups is 1. The molecule has 3 heteroatoms. The molecule has 1 saturated heterocycles. The highest BCUT2D eigenvalue weighted by Gasteiger charge is 2.21. The summed E-state index contributed by atoms with van der Waals surface area (Å²) in [6.07, 6.45) is 6.92. The molecule has 1 fully saturated rings. The number of amides is 1. The van der Waals surface area contributed by atoms with Crippen molar-refractivity contribution in [2.45, 2.75) is 12.8 Å². The van der Waals surface area contributed by atoms with E-state index >= 15 is 0 Å². The minimum atomic E-state index is -0.256. The molecule has 0 spiro atoms. The zero-order valence-corrected chi connectivity index (χ0v) is 6.99. The van der Waals surface area contributed by atoms with E-state index in [1.165, 1.54) is 0 Å². The molecule has 1 rings (SSSR count). The number of piperidine rings is 1. The fourth-order valence-corrected chi connectivity index (χ4v) is 1.49. The van der Waals surface area contributed by atoms with Crippen molar-refractivity contribution in [2.75, 3.05) is 19.7 Å². The molecule has 1 aliphatic rings. The van der Waals surface area contributed by atoms with E-state index in [1.807, 2.05) is 0 Å². The fourth-order valence-electron chi connectivity index (χ4n) is 1.49. The van der Waals surface area contributed by atoms with Crippen molar-refractivity contribution in [3.05, 3.63) is 0 Å². The topological polar surface area (TPSA) is 40.5 Å². The molecule has 1 heterocycles. The molecular formula is C9H13NO2. The molecule has 0 aromatic rings. The number of likely N-dealkylation sites (tertiary alicyclic amines) is 1. The van der Waals surface area contributed by atoms with E-state index in [0.29, 0.717) is 6.54 Å². The average Bonchev–Trinajstić information content (AvgIpc) is 2.17. The van der Waals surface area contributed by atoms with Crippen LogP contribution in [0.15, 0.2) is 0 Å². The van der Waals surface area contributed by atoms with E-state index < -0.39 is 0 Å². The van der Waals surface area contributed by atoms with Gasteiger partial charge in [0.05, 0.1) is 0 Å². The van der Waals surface area contributed by atoms with Crippen LogP contribution in [-0.2, 0) is 4.79 Å². The average molecular weight is 167 g/mol. The predicted octanol–water partition coefficient (Wildman–Crippen LogP) is -0.150. The molecule has 0 unspecified atom stereocenters. The molecular weight excluding hydrogens is 154 g/mol. The van der Waals surface area contributed by atoms with Crippen LogP contribution in [0.1, 0.15) is 12.8 Å². The number of hydrogen-bond donors (Lipinski definition) is 1. The lowest BCUT2D eigenvalue weighted by Gasteiger charge is -2.30. The van der Waals surface area contributed by atoms with Gasteiger partial charge in [0.15, 0.2) is 0 Å². The summed E-state index contributed by atoms with van der Waals surface area (Å²) in [7, 11) is 0. The second kappa shape index (κ2) is 4.13. The van der Waals surface area contributed by atoms with Crippen molar-refractivity contribution in [2.24, 2.45) is 5.92 Å². The molecule has 0 bridgehead atoms. The Morgan fingerprint density at radius 3 is 3.08 bits per heavy atom. The van der Waals surface area contributed by atoms with Gasteiger partial charge in [0.25, 0.3) is 5.91 Å². The number of nitrogens with zero attached hydrogens (tertiary/aromatic N) is 1. The van der Waals surface area contributed by atoms with Crippen LogP contribution in [0.25, 0.3) is 0 Å². The Morgan fingerprint density at radius 2 is 2.50 bits per heavy atom. The largest absolute Gasteiger partial charge is 0.396 e. The quantitative estimate of drug-likeness (QED) is 0.552. The minimum absolute atomic E-state index is 0.147. The molecule has 66 valence electrons. The van der Waals surface area contributed by atoms with Crippen molar-refractivity contribution in [3.8, 4) is 12.3 Å². The van der Waals surface area contributed by atoms with Gasteiger partial charge in [-0.05, 0) is 24.7 Å². The molecule has 0 aliphatic carbocycles. The van der Waals surface area contributed by atoms with Gasteiger partial charge in [0.1, 0.15) is 0 Å². The van der Waals surface area contributed by atoms with Gasteiger partial charge in [0.2, 0.25) is 0 Å². The molecule has 0 saturated carbocycles. The summed E-state index contributed by atoms with van der Waals surface area (Å²) in [6.45, 7) is 1.49. The third kappa shape index (κ3) is 1.99. The number of hydrogen-bond acceptors (Lipinski definition) is 2. The third-order valence-electron chi connectivity index (χ3n) is 2.19. The molecule has 1 atom stereocenters. The Hall–Kier alpha value is -1.01. The van der Waals surface area contributed by atoms with Crippen LogP contribution in [0.2, 0.25) is 0 Å². The summed E-state index contributed by atoms with van der Waals surface area (Å²) in [5, 5.41) is 8.87. The van der Waals surface area contributed by atoms with Gasteiger partial charge in [-0.1, -0.05) is 0 Å². The van der Waals surface area contributed by atoms with Crippen LogP contribution < -0.4 is 0 Å². The van der Waals surface area contributed by atoms with Gasteiger partial charge < -0.3 is 10.0 Å². The van der Waals surface area contributed by atoms with Crippen molar-refractivity contribution >= 4 is 5.91 Å². The number of carbonyl (C=O) groups excluding carboxylic acids is 1. The number of rotatable bonds is 1.